The maximum Gasteiger partial charge on any atom is 0.217 e. The van der Waals surface area contributed by atoms with Crippen LogP contribution in [0.1, 0.15) is 20.3 Å². The molecule has 1 atom stereocenters. The van der Waals surface area contributed by atoms with E-state index in [2.05, 4.69) is 0 Å². The van der Waals surface area contributed by atoms with E-state index < -0.39 is 6.29 Å². The summed E-state index contributed by atoms with van der Waals surface area (Å²) in [6.45, 7) is 3.82. The van der Waals surface area contributed by atoms with Crippen LogP contribution in [-0.4, -0.2) is 31.6 Å². The summed E-state index contributed by atoms with van der Waals surface area (Å²) in [6, 6.07) is 0. The molecule has 0 saturated heterocycles. The molecule has 0 saturated carbocycles. The summed E-state index contributed by atoms with van der Waals surface area (Å²) < 4.78 is 9.94. The Morgan fingerprint density at radius 3 is 2.58 bits per heavy atom. The molecule has 1 unspecified atom stereocenters. The van der Waals surface area contributed by atoms with Gasteiger partial charge in [0.2, 0.25) is 6.29 Å². The van der Waals surface area contributed by atoms with Gasteiger partial charge in [-0.15, -0.1) is 0 Å². The minimum Gasteiger partial charge on any atom is -0.346 e. The quantitative estimate of drug-likeness (QED) is 0.321. The lowest BCUT2D eigenvalue weighted by atomic mass is 10.4. The average molecular weight is 174 g/mol. The maximum absolute atomic E-state index is 10.8. The normalized spacial score (nSPS) is 12.5. The van der Waals surface area contributed by atoms with Gasteiger partial charge in [-0.1, -0.05) is 0 Å². The molecule has 0 N–H and O–H groups in total. The molecule has 4 heteroatoms. The van der Waals surface area contributed by atoms with E-state index in [0.29, 0.717) is 6.61 Å². The van der Waals surface area contributed by atoms with Gasteiger partial charge in [0.25, 0.3) is 0 Å². The number of aldehydes is 1. The molecule has 0 aliphatic rings. The van der Waals surface area contributed by atoms with Crippen LogP contribution in [0.5, 0.6) is 0 Å². The molecule has 70 valence electrons. The fourth-order valence-corrected chi connectivity index (χ4v) is 0.657. The summed E-state index contributed by atoms with van der Waals surface area (Å²) in [5, 5.41) is 0. The Kier molecular flexibility index (Phi) is 6.51. The molecular formula is C8H14O4. The number of hydrogen-bond acceptors (Lipinski definition) is 4. The van der Waals surface area contributed by atoms with Crippen molar-refractivity contribution < 1.29 is 19.1 Å². The van der Waals surface area contributed by atoms with Crippen molar-refractivity contribution in [2.24, 2.45) is 0 Å². The van der Waals surface area contributed by atoms with Gasteiger partial charge in [0.15, 0.2) is 5.78 Å². The summed E-state index contributed by atoms with van der Waals surface area (Å²) >= 11 is 0. The molecule has 0 rings (SSSR count). The molecule has 0 spiro atoms. The number of hydrogen-bond donors (Lipinski definition) is 0. The van der Waals surface area contributed by atoms with Gasteiger partial charge in [0.05, 0.1) is 6.61 Å². The van der Waals surface area contributed by atoms with Gasteiger partial charge in [-0.25, -0.2) is 0 Å². The van der Waals surface area contributed by atoms with E-state index in [1.807, 2.05) is 0 Å². The van der Waals surface area contributed by atoms with Gasteiger partial charge >= 0.3 is 0 Å². The average Bonchev–Trinajstić information content (AvgIpc) is 2.03. The van der Waals surface area contributed by atoms with Crippen LogP contribution in [0.3, 0.4) is 0 Å². The first kappa shape index (κ1) is 11.3. The van der Waals surface area contributed by atoms with Crippen molar-refractivity contribution in [3.8, 4) is 0 Å². The predicted octanol–water partition coefficient (Wildman–Crippen LogP) is 0.544. The molecule has 0 aromatic carbocycles. The lowest BCUT2D eigenvalue weighted by molar-refractivity contribution is -0.167. The third kappa shape index (κ3) is 4.98. The van der Waals surface area contributed by atoms with Crippen molar-refractivity contribution in [1.82, 2.24) is 0 Å². The van der Waals surface area contributed by atoms with Crippen LogP contribution in [0.2, 0.25) is 0 Å². The number of rotatable bonds is 7. The summed E-state index contributed by atoms with van der Waals surface area (Å²) in [4.78, 5) is 20.7. The van der Waals surface area contributed by atoms with Crippen LogP contribution in [0.4, 0.5) is 0 Å². The van der Waals surface area contributed by atoms with Crippen molar-refractivity contribution in [3.63, 3.8) is 0 Å². The molecule has 0 heterocycles. The van der Waals surface area contributed by atoms with E-state index >= 15 is 0 Å². The van der Waals surface area contributed by atoms with E-state index in [0.717, 1.165) is 6.29 Å². The minimum atomic E-state index is -0.810. The predicted molar refractivity (Wildman–Crippen MR) is 42.7 cm³/mol. The van der Waals surface area contributed by atoms with Crippen LogP contribution in [0.15, 0.2) is 0 Å². The largest absolute Gasteiger partial charge is 0.346 e. The van der Waals surface area contributed by atoms with Crippen molar-refractivity contribution in [1.29, 1.82) is 0 Å². The zero-order chi connectivity index (χ0) is 9.40. The Hall–Kier alpha value is -0.740. The molecule has 0 radical (unpaired) electrons. The molecule has 0 aromatic heterocycles. The topological polar surface area (TPSA) is 52.6 Å². The molecule has 4 nitrogen and oxygen atoms in total. The second kappa shape index (κ2) is 6.94. The van der Waals surface area contributed by atoms with Crippen LogP contribution in [0.25, 0.3) is 0 Å². The highest BCUT2D eigenvalue weighted by atomic mass is 16.7. The van der Waals surface area contributed by atoms with Gasteiger partial charge in [0, 0.05) is 13.0 Å². The van der Waals surface area contributed by atoms with Crippen molar-refractivity contribution in [3.05, 3.63) is 0 Å². The summed E-state index contributed by atoms with van der Waals surface area (Å²) in [5.74, 6) is -0.178. The minimum absolute atomic E-state index is 0.178. The Morgan fingerprint density at radius 1 is 1.50 bits per heavy atom. The fraction of sp³-hybridized carbons (Fsp3) is 0.750. The molecule has 12 heavy (non-hydrogen) atoms. The standard InChI is InChI=1S/C8H14O4/c1-3-11-8(7(2)10)12-6-4-5-9/h5,8H,3-4,6H2,1-2H3. The summed E-state index contributed by atoms with van der Waals surface area (Å²) in [6.07, 6.45) is 0.218. The lowest BCUT2D eigenvalue weighted by Crippen LogP contribution is -2.25. The van der Waals surface area contributed by atoms with Gasteiger partial charge in [-0.05, 0) is 13.8 Å². The van der Waals surface area contributed by atoms with Crippen LogP contribution in [0, 0.1) is 0 Å². The van der Waals surface area contributed by atoms with E-state index in [4.69, 9.17) is 9.47 Å². The Bertz CT molecular complexity index is 144. The highest BCUT2D eigenvalue weighted by Gasteiger charge is 2.13. The first-order chi connectivity index (χ1) is 5.72. The molecule has 0 aromatic rings. The summed E-state index contributed by atoms with van der Waals surface area (Å²) in [5.41, 5.74) is 0. The number of Topliss-reactive ketones (excluding diaryl/α,β-unsaturated/α-hetero) is 1. The molecule has 0 aliphatic heterocycles. The lowest BCUT2D eigenvalue weighted by Gasteiger charge is -2.13. The molecule has 0 fully saturated rings. The number of ketones is 1. The number of carbonyl (C=O) groups is 2. The highest BCUT2D eigenvalue weighted by Crippen LogP contribution is 1.96. The molecule has 0 bridgehead atoms. The second-order valence-electron chi connectivity index (χ2n) is 2.22. The molecule has 0 amide bonds. The van der Waals surface area contributed by atoms with Crippen molar-refractivity contribution >= 4 is 12.1 Å². The van der Waals surface area contributed by atoms with Crippen molar-refractivity contribution in [2.75, 3.05) is 13.2 Å². The first-order valence-electron chi connectivity index (χ1n) is 3.89. The Labute approximate surface area is 71.8 Å². The van der Waals surface area contributed by atoms with E-state index in [1.54, 1.807) is 6.92 Å². The molecule has 0 aliphatic carbocycles. The highest BCUT2D eigenvalue weighted by molar-refractivity contribution is 5.79. The van der Waals surface area contributed by atoms with Crippen molar-refractivity contribution in [2.45, 2.75) is 26.6 Å². The Balaban J connectivity index is 3.63. The monoisotopic (exact) mass is 174 g/mol. The fourth-order valence-electron chi connectivity index (χ4n) is 0.657. The Morgan fingerprint density at radius 2 is 2.17 bits per heavy atom. The smallest absolute Gasteiger partial charge is 0.217 e. The van der Waals surface area contributed by atoms with E-state index in [1.165, 1.54) is 6.92 Å². The zero-order valence-electron chi connectivity index (χ0n) is 7.41. The van der Waals surface area contributed by atoms with Gasteiger partial charge < -0.3 is 14.3 Å². The third-order valence-corrected chi connectivity index (χ3v) is 1.15. The van der Waals surface area contributed by atoms with Gasteiger partial charge in [0.1, 0.15) is 6.29 Å². The van der Waals surface area contributed by atoms with Gasteiger partial charge in [-0.3, -0.25) is 4.79 Å². The summed E-state index contributed by atoms with van der Waals surface area (Å²) in [7, 11) is 0. The third-order valence-electron chi connectivity index (χ3n) is 1.15. The number of ether oxygens (including phenoxy) is 2. The zero-order valence-corrected chi connectivity index (χ0v) is 7.41. The first-order valence-corrected chi connectivity index (χ1v) is 3.89. The van der Waals surface area contributed by atoms with E-state index in [-0.39, 0.29) is 18.8 Å². The van der Waals surface area contributed by atoms with Crippen LogP contribution in [-0.2, 0) is 19.1 Å². The SMILES string of the molecule is CCOC(OCCC=O)C(C)=O. The number of carbonyl (C=O) groups excluding carboxylic acids is 2. The molecular weight excluding hydrogens is 160 g/mol. The maximum atomic E-state index is 10.8. The second-order valence-corrected chi connectivity index (χ2v) is 2.22. The van der Waals surface area contributed by atoms with Gasteiger partial charge in [-0.2, -0.15) is 0 Å². The van der Waals surface area contributed by atoms with Crippen LogP contribution < -0.4 is 0 Å². The van der Waals surface area contributed by atoms with Crippen LogP contribution >= 0.6 is 0 Å². The van der Waals surface area contributed by atoms with E-state index in [9.17, 15) is 9.59 Å².